The molecule has 7 nitrogen and oxygen atoms in total. The Morgan fingerprint density at radius 1 is 0.750 bits per heavy atom. The fourth-order valence-corrected chi connectivity index (χ4v) is 4.45. The highest BCUT2D eigenvalue weighted by atomic mass is 16.2. The van der Waals surface area contributed by atoms with E-state index < -0.39 is 0 Å². The fourth-order valence-electron chi connectivity index (χ4n) is 4.45. The smallest absolute Gasteiger partial charge is 0.254 e. The summed E-state index contributed by atoms with van der Waals surface area (Å²) >= 11 is 0. The molecule has 0 aliphatic heterocycles. The molecular formula is C33H37N5O2. The van der Waals surface area contributed by atoms with Crippen LogP contribution in [-0.2, 0) is 31.0 Å². The molecule has 40 heavy (non-hydrogen) atoms. The van der Waals surface area contributed by atoms with Crippen molar-refractivity contribution < 1.29 is 9.59 Å². The van der Waals surface area contributed by atoms with E-state index in [1.165, 1.54) is 0 Å². The summed E-state index contributed by atoms with van der Waals surface area (Å²) in [6, 6.07) is 32.9. The second kappa shape index (κ2) is 15.3. The van der Waals surface area contributed by atoms with Gasteiger partial charge < -0.3 is 21.3 Å². The molecule has 0 fully saturated rings. The molecule has 4 rings (SSSR count). The summed E-state index contributed by atoms with van der Waals surface area (Å²) in [6.45, 7) is 2.44. The van der Waals surface area contributed by atoms with Gasteiger partial charge in [-0.15, -0.1) is 0 Å². The van der Waals surface area contributed by atoms with Gasteiger partial charge in [-0.1, -0.05) is 78.9 Å². The number of rotatable bonds is 14. The van der Waals surface area contributed by atoms with E-state index in [1.54, 1.807) is 6.20 Å². The van der Waals surface area contributed by atoms with E-state index in [9.17, 15) is 9.59 Å². The number of carbonyl (C=O) groups excluding carboxylic acids is 2. The Bertz CT molecular complexity index is 1270. The fraction of sp³-hybridized carbons (Fsp3) is 0.242. The minimum Gasteiger partial charge on any atom is -0.349 e. The number of benzene rings is 3. The maximum absolute atomic E-state index is 13.6. The zero-order valence-electron chi connectivity index (χ0n) is 22.7. The summed E-state index contributed by atoms with van der Waals surface area (Å²) in [5, 5.41) is 6.33. The third kappa shape index (κ3) is 8.86. The molecule has 1 atom stereocenters. The lowest BCUT2D eigenvalue weighted by molar-refractivity contribution is -0.123. The van der Waals surface area contributed by atoms with Crippen LogP contribution in [0.15, 0.2) is 109 Å². The van der Waals surface area contributed by atoms with Crippen molar-refractivity contribution in [2.24, 2.45) is 5.73 Å². The monoisotopic (exact) mass is 535 g/mol. The van der Waals surface area contributed by atoms with Gasteiger partial charge in [0.1, 0.15) is 0 Å². The zero-order valence-corrected chi connectivity index (χ0v) is 22.7. The molecule has 0 saturated heterocycles. The van der Waals surface area contributed by atoms with Crippen LogP contribution in [0.5, 0.6) is 0 Å². The Morgan fingerprint density at radius 3 is 1.95 bits per heavy atom. The first-order valence-corrected chi connectivity index (χ1v) is 13.7. The highest BCUT2D eigenvalue weighted by Crippen LogP contribution is 2.15. The lowest BCUT2D eigenvalue weighted by atomic mass is 10.1. The third-order valence-electron chi connectivity index (χ3n) is 6.66. The van der Waals surface area contributed by atoms with Gasteiger partial charge in [-0.25, -0.2) is 0 Å². The Hall–Kier alpha value is -4.33. The van der Waals surface area contributed by atoms with Gasteiger partial charge in [0.15, 0.2) is 0 Å². The van der Waals surface area contributed by atoms with E-state index in [1.807, 2.05) is 108 Å². The number of amides is 2. The van der Waals surface area contributed by atoms with Crippen LogP contribution in [0.25, 0.3) is 0 Å². The van der Waals surface area contributed by atoms with Gasteiger partial charge in [0.05, 0.1) is 18.3 Å². The van der Waals surface area contributed by atoms with Gasteiger partial charge in [-0.2, -0.15) is 0 Å². The summed E-state index contributed by atoms with van der Waals surface area (Å²) in [5.74, 6) is -0.106. The minimum atomic E-state index is -0.374. The summed E-state index contributed by atoms with van der Waals surface area (Å²) in [4.78, 5) is 32.6. The number of nitrogens with two attached hydrogens (primary N) is 1. The molecule has 1 aromatic heterocycles. The van der Waals surface area contributed by atoms with E-state index in [-0.39, 0.29) is 17.9 Å². The first-order valence-electron chi connectivity index (χ1n) is 13.7. The molecule has 2 amide bonds. The van der Waals surface area contributed by atoms with Crippen molar-refractivity contribution in [3.8, 4) is 0 Å². The van der Waals surface area contributed by atoms with Gasteiger partial charge in [-0.05, 0) is 60.3 Å². The highest BCUT2D eigenvalue weighted by Gasteiger charge is 2.19. The minimum absolute atomic E-state index is 0.0260. The maximum Gasteiger partial charge on any atom is 0.254 e. The molecule has 0 saturated carbocycles. The van der Waals surface area contributed by atoms with Gasteiger partial charge in [-0.3, -0.25) is 14.6 Å². The summed E-state index contributed by atoms with van der Waals surface area (Å²) in [7, 11) is 0. The number of hydrogen-bond donors (Lipinski definition) is 3. The van der Waals surface area contributed by atoms with Crippen molar-refractivity contribution >= 4 is 11.8 Å². The van der Waals surface area contributed by atoms with Crippen molar-refractivity contribution in [3.05, 3.63) is 137 Å². The summed E-state index contributed by atoms with van der Waals surface area (Å²) < 4.78 is 0. The molecule has 0 aliphatic carbocycles. The molecule has 206 valence electrons. The molecule has 7 heteroatoms. The average molecular weight is 536 g/mol. The van der Waals surface area contributed by atoms with Gasteiger partial charge in [0, 0.05) is 31.4 Å². The Balaban J connectivity index is 1.38. The van der Waals surface area contributed by atoms with Crippen LogP contribution in [0.2, 0.25) is 0 Å². The molecule has 0 radical (unpaired) electrons. The van der Waals surface area contributed by atoms with E-state index in [4.69, 9.17) is 5.73 Å². The van der Waals surface area contributed by atoms with Crippen molar-refractivity contribution in [2.75, 3.05) is 6.54 Å². The molecule has 1 unspecified atom stereocenters. The lowest BCUT2D eigenvalue weighted by Crippen LogP contribution is -2.44. The number of pyridine rings is 1. The molecule has 4 aromatic rings. The zero-order chi connectivity index (χ0) is 28.0. The Morgan fingerprint density at radius 2 is 1.38 bits per heavy atom. The van der Waals surface area contributed by atoms with Gasteiger partial charge in [0.25, 0.3) is 5.91 Å². The van der Waals surface area contributed by atoms with Crippen molar-refractivity contribution in [1.82, 2.24) is 20.5 Å². The van der Waals surface area contributed by atoms with Crippen LogP contribution in [0, 0.1) is 0 Å². The number of aromatic nitrogens is 1. The van der Waals surface area contributed by atoms with Crippen LogP contribution in [-0.4, -0.2) is 34.3 Å². The van der Waals surface area contributed by atoms with E-state index in [0.29, 0.717) is 44.7 Å². The second-order valence-electron chi connectivity index (χ2n) is 9.73. The Labute approximate surface area is 236 Å². The van der Waals surface area contributed by atoms with Gasteiger partial charge >= 0.3 is 0 Å². The van der Waals surface area contributed by atoms with E-state index >= 15 is 0 Å². The Kier molecular flexibility index (Phi) is 11.0. The van der Waals surface area contributed by atoms with E-state index in [2.05, 4.69) is 15.6 Å². The molecule has 0 bridgehead atoms. The van der Waals surface area contributed by atoms with Crippen LogP contribution in [0.4, 0.5) is 0 Å². The second-order valence-corrected chi connectivity index (χ2v) is 9.73. The first-order chi connectivity index (χ1) is 19.6. The number of nitrogens with one attached hydrogen (secondary N) is 2. The lowest BCUT2D eigenvalue weighted by Gasteiger charge is -2.23. The average Bonchev–Trinajstić information content (AvgIpc) is 3.01. The normalized spacial score (nSPS) is 11.5. The molecule has 1 heterocycles. The molecule has 0 spiro atoms. The van der Waals surface area contributed by atoms with Crippen molar-refractivity contribution in [2.45, 2.75) is 45.1 Å². The number of nitrogens with zero attached hydrogens (tertiary/aromatic N) is 2. The quantitative estimate of drug-likeness (QED) is 0.222. The molecular weight excluding hydrogens is 498 g/mol. The van der Waals surface area contributed by atoms with Crippen LogP contribution in [0.3, 0.4) is 0 Å². The first kappa shape index (κ1) is 28.7. The van der Waals surface area contributed by atoms with Crippen molar-refractivity contribution in [1.29, 1.82) is 0 Å². The third-order valence-corrected chi connectivity index (χ3v) is 6.66. The number of hydrogen-bond acceptors (Lipinski definition) is 5. The SMILES string of the molecule is NCCCC(NCc1ccc(C(=O)N(Cc2ccccc2)Cc2ccccc2)cc1)C(=O)NCc1ccccn1. The van der Waals surface area contributed by atoms with E-state index in [0.717, 1.165) is 28.8 Å². The predicted molar refractivity (Wildman–Crippen MR) is 158 cm³/mol. The summed E-state index contributed by atoms with van der Waals surface area (Å²) in [5.41, 5.74) is 10.3. The highest BCUT2D eigenvalue weighted by molar-refractivity contribution is 5.94. The standard InChI is InChI=1S/C33H37N5O2/c34-20-9-15-31(32(39)37-23-30-14-7-8-21-35-30)36-22-26-16-18-29(19-17-26)33(40)38(24-27-10-3-1-4-11-27)25-28-12-5-2-6-13-28/h1-8,10-14,16-19,21,31,36H,9,15,20,22-25,34H2,(H,37,39). The molecule has 3 aromatic carbocycles. The van der Waals surface area contributed by atoms with Crippen LogP contribution >= 0.6 is 0 Å². The summed E-state index contributed by atoms with van der Waals surface area (Å²) in [6.07, 6.45) is 3.08. The predicted octanol–water partition coefficient (Wildman–Crippen LogP) is 4.44. The van der Waals surface area contributed by atoms with Gasteiger partial charge in [0.2, 0.25) is 5.91 Å². The van der Waals surface area contributed by atoms with Crippen LogP contribution < -0.4 is 16.4 Å². The molecule has 0 aliphatic rings. The van der Waals surface area contributed by atoms with Crippen molar-refractivity contribution in [3.63, 3.8) is 0 Å². The topological polar surface area (TPSA) is 100 Å². The largest absolute Gasteiger partial charge is 0.349 e. The molecule has 4 N–H and O–H groups in total. The number of carbonyl (C=O) groups is 2. The maximum atomic E-state index is 13.6. The van der Waals surface area contributed by atoms with Crippen LogP contribution in [0.1, 0.15) is 45.6 Å².